The molecule has 3 rings (SSSR count). The van der Waals surface area contributed by atoms with Gasteiger partial charge in [0.15, 0.2) is 0 Å². The van der Waals surface area contributed by atoms with Crippen LogP contribution in [0.25, 0.3) is 0 Å². The molecule has 1 saturated heterocycles. The summed E-state index contributed by atoms with van der Waals surface area (Å²) >= 11 is 0. The lowest BCUT2D eigenvalue weighted by molar-refractivity contribution is -0.132. The molecule has 28 heavy (non-hydrogen) atoms. The average Bonchev–Trinajstić information content (AvgIpc) is 3.03. The molecule has 5 heteroatoms. The zero-order valence-electron chi connectivity index (χ0n) is 16.8. The summed E-state index contributed by atoms with van der Waals surface area (Å²) in [4.78, 5) is 16.6. The van der Waals surface area contributed by atoms with Crippen molar-refractivity contribution in [2.75, 3.05) is 33.8 Å². The molecule has 0 bridgehead atoms. The molecule has 0 aromatic heterocycles. The second kappa shape index (κ2) is 9.32. The highest BCUT2D eigenvalue weighted by Crippen LogP contribution is 2.24. The Morgan fingerprint density at radius 3 is 2.61 bits per heavy atom. The number of methoxy groups -OCH3 is 1. The van der Waals surface area contributed by atoms with Crippen LogP contribution in [-0.2, 0) is 29.1 Å². The third-order valence-corrected chi connectivity index (χ3v) is 5.28. The Labute approximate surface area is 167 Å². The molecule has 2 aromatic rings. The van der Waals surface area contributed by atoms with Crippen LogP contribution in [0.5, 0.6) is 0 Å². The fourth-order valence-electron chi connectivity index (χ4n) is 3.88. The van der Waals surface area contributed by atoms with E-state index >= 15 is 0 Å². The number of amides is 1. The van der Waals surface area contributed by atoms with Gasteiger partial charge in [-0.05, 0) is 23.1 Å². The molecule has 0 radical (unpaired) electrons. The zero-order chi connectivity index (χ0) is 20.0. The van der Waals surface area contributed by atoms with Gasteiger partial charge < -0.3 is 14.7 Å². The number of hydrogen-bond donors (Lipinski definition) is 1. The number of carbonyl (C=O) groups is 1. The van der Waals surface area contributed by atoms with E-state index in [9.17, 15) is 9.90 Å². The molecular formula is C23H30N2O3. The largest absolute Gasteiger partial charge is 0.387 e. The predicted octanol–water partition coefficient (Wildman–Crippen LogP) is 2.47. The fourth-order valence-corrected chi connectivity index (χ4v) is 3.88. The molecule has 0 saturated carbocycles. The van der Waals surface area contributed by atoms with Gasteiger partial charge in [-0.1, -0.05) is 54.6 Å². The summed E-state index contributed by atoms with van der Waals surface area (Å²) in [5.41, 5.74) is 2.42. The van der Waals surface area contributed by atoms with Gasteiger partial charge in [0.25, 0.3) is 0 Å². The van der Waals surface area contributed by atoms with Crippen molar-refractivity contribution in [3.63, 3.8) is 0 Å². The first-order chi connectivity index (χ1) is 13.5. The molecule has 150 valence electrons. The lowest BCUT2D eigenvalue weighted by atomic mass is 10.0. The number of β-amino-alcohol motifs (C(OH)–C–C–N with tert-alkyl or cyclic N) is 1. The summed E-state index contributed by atoms with van der Waals surface area (Å²) in [6.45, 7) is 3.15. The molecule has 1 fully saturated rings. The van der Waals surface area contributed by atoms with Gasteiger partial charge in [0.2, 0.25) is 5.91 Å². The minimum absolute atomic E-state index is 0.0181. The molecule has 2 aromatic carbocycles. The minimum Gasteiger partial charge on any atom is -0.387 e. The van der Waals surface area contributed by atoms with E-state index < -0.39 is 5.60 Å². The number of aliphatic hydroxyl groups is 1. The molecule has 1 heterocycles. The van der Waals surface area contributed by atoms with Gasteiger partial charge in [-0.15, -0.1) is 0 Å². The molecule has 1 aliphatic rings. The number of likely N-dealkylation sites (N-methyl/N-ethyl adjacent to an activating group) is 1. The molecule has 1 N–H and O–H groups in total. The third-order valence-electron chi connectivity index (χ3n) is 5.28. The lowest BCUT2D eigenvalue weighted by Gasteiger charge is -2.29. The number of carbonyl (C=O) groups excluding carboxylic acids is 1. The highest BCUT2D eigenvalue weighted by atomic mass is 16.5. The fraction of sp³-hybridized carbons (Fsp3) is 0.435. The molecule has 1 unspecified atom stereocenters. The van der Waals surface area contributed by atoms with Crippen LogP contribution in [-0.4, -0.2) is 60.2 Å². The van der Waals surface area contributed by atoms with E-state index in [0.717, 1.165) is 24.2 Å². The first-order valence-electron chi connectivity index (χ1n) is 9.77. The summed E-state index contributed by atoms with van der Waals surface area (Å²) < 4.78 is 5.16. The van der Waals surface area contributed by atoms with Crippen LogP contribution in [0.2, 0.25) is 0 Å². The Morgan fingerprint density at radius 2 is 1.86 bits per heavy atom. The minimum atomic E-state index is -0.850. The molecule has 0 aliphatic carbocycles. The Bertz CT molecular complexity index is 780. The van der Waals surface area contributed by atoms with Crippen molar-refractivity contribution in [3.05, 3.63) is 71.3 Å². The van der Waals surface area contributed by atoms with Crippen LogP contribution < -0.4 is 0 Å². The van der Waals surface area contributed by atoms with Crippen molar-refractivity contribution in [1.82, 2.24) is 9.80 Å². The maximum absolute atomic E-state index is 12.7. The van der Waals surface area contributed by atoms with Crippen molar-refractivity contribution in [2.24, 2.45) is 0 Å². The Balaban J connectivity index is 1.52. The second-order valence-electron chi connectivity index (χ2n) is 7.85. The maximum atomic E-state index is 12.7. The lowest BCUT2D eigenvalue weighted by Crippen LogP contribution is -2.46. The SMILES string of the molecule is COCc1cccc(CC(=O)N(C)CC2(O)CCN(Cc3ccccc3)C2)c1. The monoisotopic (exact) mass is 382 g/mol. The highest BCUT2D eigenvalue weighted by molar-refractivity contribution is 5.78. The van der Waals surface area contributed by atoms with Gasteiger partial charge in [0.05, 0.1) is 25.2 Å². The highest BCUT2D eigenvalue weighted by Gasteiger charge is 2.37. The van der Waals surface area contributed by atoms with E-state index in [4.69, 9.17) is 4.74 Å². The van der Waals surface area contributed by atoms with Crippen LogP contribution in [0.15, 0.2) is 54.6 Å². The smallest absolute Gasteiger partial charge is 0.226 e. The summed E-state index contributed by atoms with van der Waals surface area (Å²) in [7, 11) is 3.44. The van der Waals surface area contributed by atoms with Crippen molar-refractivity contribution >= 4 is 5.91 Å². The number of ether oxygens (including phenoxy) is 1. The number of likely N-dealkylation sites (tertiary alicyclic amines) is 1. The van der Waals surface area contributed by atoms with E-state index in [0.29, 0.717) is 32.5 Å². The topological polar surface area (TPSA) is 53.0 Å². The van der Waals surface area contributed by atoms with Crippen molar-refractivity contribution < 1.29 is 14.6 Å². The van der Waals surface area contributed by atoms with Crippen LogP contribution in [0.3, 0.4) is 0 Å². The first-order valence-corrected chi connectivity index (χ1v) is 9.77. The average molecular weight is 383 g/mol. The van der Waals surface area contributed by atoms with Crippen LogP contribution in [0.4, 0.5) is 0 Å². The van der Waals surface area contributed by atoms with Crippen molar-refractivity contribution in [2.45, 2.75) is 31.6 Å². The Hall–Kier alpha value is -2.21. The summed E-state index contributed by atoms with van der Waals surface area (Å²) in [6.07, 6.45) is 1.01. The quantitative estimate of drug-likeness (QED) is 0.762. The van der Waals surface area contributed by atoms with Gasteiger partial charge >= 0.3 is 0 Å². The van der Waals surface area contributed by atoms with Gasteiger partial charge in [-0.25, -0.2) is 0 Å². The van der Waals surface area contributed by atoms with Crippen molar-refractivity contribution in [1.29, 1.82) is 0 Å². The molecule has 1 amide bonds. The van der Waals surface area contributed by atoms with Crippen molar-refractivity contribution in [3.8, 4) is 0 Å². The Morgan fingerprint density at radius 1 is 1.14 bits per heavy atom. The summed E-state index contributed by atoms with van der Waals surface area (Å²) in [5, 5.41) is 11.0. The third kappa shape index (κ3) is 5.64. The molecule has 1 atom stereocenters. The van der Waals surface area contributed by atoms with Crippen LogP contribution >= 0.6 is 0 Å². The zero-order valence-corrected chi connectivity index (χ0v) is 16.8. The maximum Gasteiger partial charge on any atom is 0.226 e. The van der Waals surface area contributed by atoms with E-state index in [1.54, 1.807) is 19.1 Å². The summed E-state index contributed by atoms with van der Waals surface area (Å²) in [6, 6.07) is 18.2. The molecule has 5 nitrogen and oxygen atoms in total. The second-order valence-corrected chi connectivity index (χ2v) is 7.85. The van der Waals surface area contributed by atoms with Gasteiger partial charge in [0, 0.05) is 33.8 Å². The number of rotatable bonds is 8. The number of benzene rings is 2. The molecular weight excluding hydrogens is 352 g/mol. The molecule has 0 spiro atoms. The van der Waals surface area contributed by atoms with E-state index in [-0.39, 0.29) is 5.91 Å². The van der Waals surface area contributed by atoms with E-state index in [1.165, 1.54) is 5.56 Å². The standard InChI is InChI=1S/C23H30N2O3/c1-24(22(26)14-20-9-6-10-21(13-20)16-28-2)17-23(27)11-12-25(18-23)15-19-7-4-3-5-8-19/h3-10,13,27H,11-12,14-18H2,1-2H3. The van der Waals surface area contributed by atoms with Gasteiger partial charge in [0.1, 0.15) is 0 Å². The van der Waals surface area contributed by atoms with Gasteiger partial charge in [-0.2, -0.15) is 0 Å². The normalized spacial score (nSPS) is 19.7. The predicted molar refractivity (Wildman–Crippen MR) is 110 cm³/mol. The first kappa shape index (κ1) is 20.5. The number of hydrogen-bond acceptors (Lipinski definition) is 4. The Kier molecular flexibility index (Phi) is 6.83. The molecule has 1 aliphatic heterocycles. The number of nitrogens with zero attached hydrogens (tertiary/aromatic N) is 2. The van der Waals surface area contributed by atoms with Crippen LogP contribution in [0.1, 0.15) is 23.1 Å². The van der Waals surface area contributed by atoms with Gasteiger partial charge in [-0.3, -0.25) is 9.69 Å². The van der Waals surface area contributed by atoms with E-state index in [1.807, 2.05) is 42.5 Å². The summed E-state index contributed by atoms with van der Waals surface area (Å²) in [5.74, 6) is 0.0181. The van der Waals surface area contributed by atoms with Crippen LogP contribution in [0, 0.1) is 0 Å². The van der Waals surface area contributed by atoms with E-state index in [2.05, 4.69) is 17.0 Å².